The van der Waals surface area contributed by atoms with Gasteiger partial charge in [0.15, 0.2) is 0 Å². The molecule has 1 N–H and O–H groups in total. The van der Waals surface area contributed by atoms with Crippen molar-refractivity contribution in [3.8, 4) is 11.5 Å². The van der Waals surface area contributed by atoms with E-state index in [1.54, 1.807) is 30.5 Å². The Labute approximate surface area is 174 Å². The molecule has 3 rings (SSSR count). The molecule has 0 fully saturated rings. The summed E-state index contributed by atoms with van der Waals surface area (Å²) >= 11 is 5.99. The highest BCUT2D eigenvalue weighted by Gasteiger charge is 2.04. The SMILES string of the molecule is CCOc1ccc(C(=O)N/N=C/c2cccc(OCc3cccc(Cl)c3)c2)cc1. The van der Waals surface area contributed by atoms with Crippen LogP contribution >= 0.6 is 11.6 Å². The lowest BCUT2D eigenvalue weighted by molar-refractivity contribution is 0.0955. The van der Waals surface area contributed by atoms with Crippen LogP contribution in [0.15, 0.2) is 77.9 Å². The van der Waals surface area contributed by atoms with Gasteiger partial charge in [-0.1, -0.05) is 35.9 Å². The van der Waals surface area contributed by atoms with Gasteiger partial charge in [-0.05, 0) is 66.6 Å². The zero-order valence-corrected chi connectivity index (χ0v) is 16.7. The molecule has 6 heteroatoms. The van der Waals surface area contributed by atoms with Crippen LogP contribution in [0.3, 0.4) is 0 Å². The summed E-state index contributed by atoms with van der Waals surface area (Å²) in [6.45, 7) is 2.90. The molecular weight excluding hydrogens is 388 g/mol. The van der Waals surface area contributed by atoms with Gasteiger partial charge in [0.25, 0.3) is 5.91 Å². The summed E-state index contributed by atoms with van der Waals surface area (Å²) in [5, 5.41) is 4.70. The molecule has 0 heterocycles. The van der Waals surface area contributed by atoms with Crippen LogP contribution in [-0.4, -0.2) is 18.7 Å². The van der Waals surface area contributed by atoms with Crippen LogP contribution in [0.25, 0.3) is 0 Å². The predicted molar refractivity (Wildman–Crippen MR) is 115 cm³/mol. The summed E-state index contributed by atoms with van der Waals surface area (Å²) in [6, 6.07) is 21.9. The number of rotatable bonds is 8. The van der Waals surface area contributed by atoms with Gasteiger partial charge in [0, 0.05) is 10.6 Å². The van der Waals surface area contributed by atoms with Gasteiger partial charge in [0.1, 0.15) is 18.1 Å². The molecule has 0 spiro atoms. The van der Waals surface area contributed by atoms with Crippen molar-refractivity contribution in [3.05, 3.63) is 94.5 Å². The van der Waals surface area contributed by atoms with Crippen molar-refractivity contribution < 1.29 is 14.3 Å². The molecule has 0 radical (unpaired) electrons. The van der Waals surface area contributed by atoms with Crippen molar-refractivity contribution in [1.82, 2.24) is 5.43 Å². The number of nitrogens with one attached hydrogen (secondary N) is 1. The summed E-state index contributed by atoms with van der Waals surface area (Å²) in [5.41, 5.74) is 4.81. The monoisotopic (exact) mass is 408 g/mol. The number of carbonyl (C=O) groups is 1. The van der Waals surface area contributed by atoms with Gasteiger partial charge < -0.3 is 9.47 Å². The molecule has 0 saturated heterocycles. The summed E-state index contributed by atoms with van der Waals surface area (Å²) in [6.07, 6.45) is 1.57. The standard InChI is InChI=1S/C23H21ClN2O3/c1-2-28-21-11-9-19(10-12-21)23(27)26-25-15-17-5-4-8-22(14-17)29-16-18-6-3-7-20(24)13-18/h3-15H,2,16H2,1H3,(H,26,27)/b25-15+. The fraction of sp³-hybridized carbons (Fsp3) is 0.130. The Morgan fingerprint density at radius 2 is 1.79 bits per heavy atom. The first-order chi connectivity index (χ1) is 14.1. The van der Waals surface area contributed by atoms with Gasteiger partial charge in [-0.2, -0.15) is 5.10 Å². The van der Waals surface area contributed by atoms with E-state index in [2.05, 4.69) is 10.5 Å². The second kappa shape index (κ2) is 10.3. The van der Waals surface area contributed by atoms with E-state index in [0.29, 0.717) is 29.5 Å². The van der Waals surface area contributed by atoms with E-state index >= 15 is 0 Å². The molecule has 0 unspecified atom stereocenters. The minimum Gasteiger partial charge on any atom is -0.494 e. The molecule has 29 heavy (non-hydrogen) atoms. The number of amides is 1. The van der Waals surface area contributed by atoms with E-state index in [0.717, 1.165) is 16.9 Å². The molecule has 3 aromatic rings. The largest absolute Gasteiger partial charge is 0.494 e. The first-order valence-electron chi connectivity index (χ1n) is 9.17. The number of benzene rings is 3. The molecule has 0 aliphatic carbocycles. The van der Waals surface area contributed by atoms with Crippen LogP contribution in [0, 0.1) is 0 Å². The highest BCUT2D eigenvalue weighted by molar-refractivity contribution is 6.30. The van der Waals surface area contributed by atoms with E-state index in [4.69, 9.17) is 21.1 Å². The summed E-state index contributed by atoms with van der Waals surface area (Å²) in [7, 11) is 0. The molecule has 0 aromatic heterocycles. The van der Waals surface area contributed by atoms with Crippen LogP contribution in [0.5, 0.6) is 11.5 Å². The zero-order chi connectivity index (χ0) is 20.5. The Balaban J connectivity index is 1.55. The Morgan fingerprint density at radius 3 is 2.55 bits per heavy atom. The average molecular weight is 409 g/mol. The van der Waals surface area contributed by atoms with Crippen molar-refractivity contribution in [2.45, 2.75) is 13.5 Å². The van der Waals surface area contributed by atoms with Gasteiger partial charge in [-0.25, -0.2) is 5.43 Å². The molecule has 148 valence electrons. The lowest BCUT2D eigenvalue weighted by Crippen LogP contribution is -2.17. The first kappa shape index (κ1) is 20.4. The predicted octanol–water partition coefficient (Wildman–Crippen LogP) is 5.08. The third-order valence-corrected chi connectivity index (χ3v) is 4.19. The second-order valence-electron chi connectivity index (χ2n) is 6.15. The summed E-state index contributed by atoms with van der Waals surface area (Å²) in [4.78, 5) is 12.2. The maximum atomic E-state index is 12.2. The molecule has 0 saturated carbocycles. The van der Waals surface area contributed by atoms with E-state index in [1.807, 2.05) is 55.5 Å². The Kier molecular flexibility index (Phi) is 7.25. The first-order valence-corrected chi connectivity index (χ1v) is 9.55. The molecule has 1 amide bonds. The summed E-state index contributed by atoms with van der Waals surface area (Å²) in [5.74, 6) is 1.13. The van der Waals surface area contributed by atoms with Crippen molar-refractivity contribution in [3.63, 3.8) is 0 Å². The van der Waals surface area contributed by atoms with Crippen LogP contribution in [0.1, 0.15) is 28.4 Å². The van der Waals surface area contributed by atoms with E-state index in [1.165, 1.54) is 0 Å². The number of nitrogens with zero attached hydrogens (tertiary/aromatic N) is 1. The number of hydrogen-bond acceptors (Lipinski definition) is 4. The Bertz CT molecular complexity index is 987. The van der Waals surface area contributed by atoms with Gasteiger partial charge in [0.2, 0.25) is 0 Å². The third kappa shape index (κ3) is 6.36. The molecule has 5 nitrogen and oxygen atoms in total. The van der Waals surface area contributed by atoms with Crippen LogP contribution in [0.2, 0.25) is 5.02 Å². The summed E-state index contributed by atoms with van der Waals surface area (Å²) < 4.78 is 11.2. The van der Waals surface area contributed by atoms with Crippen molar-refractivity contribution in [1.29, 1.82) is 0 Å². The number of ether oxygens (including phenoxy) is 2. The molecule has 0 atom stereocenters. The van der Waals surface area contributed by atoms with Gasteiger partial charge >= 0.3 is 0 Å². The van der Waals surface area contributed by atoms with Crippen LogP contribution < -0.4 is 14.9 Å². The van der Waals surface area contributed by atoms with E-state index in [-0.39, 0.29) is 5.91 Å². The maximum Gasteiger partial charge on any atom is 0.271 e. The van der Waals surface area contributed by atoms with Crippen LogP contribution in [0.4, 0.5) is 0 Å². The van der Waals surface area contributed by atoms with E-state index in [9.17, 15) is 4.79 Å². The lowest BCUT2D eigenvalue weighted by atomic mass is 10.2. The average Bonchev–Trinajstić information content (AvgIpc) is 2.73. The fourth-order valence-corrected chi connectivity index (χ4v) is 2.79. The molecule has 0 aliphatic rings. The molecule has 0 bridgehead atoms. The lowest BCUT2D eigenvalue weighted by Gasteiger charge is -2.07. The van der Waals surface area contributed by atoms with Crippen molar-refractivity contribution in [2.75, 3.05) is 6.61 Å². The van der Waals surface area contributed by atoms with Crippen LogP contribution in [-0.2, 0) is 6.61 Å². The normalized spacial score (nSPS) is 10.7. The third-order valence-electron chi connectivity index (χ3n) is 3.96. The fourth-order valence-electron chi connectivity index (χ4n) is 2.58. The van der Waals surface area contributed by atoms with Gasteiger partial charge in [-0.15, -0.1) is 0 Å². The Hall–Kier alpha value is -3.31. The Morgan fingerprint density at radius 1 is 1.00 bits per heavy atom. The molecule has 0 aliphatic heterocycles. The van der Waals surface area contributed by atoms with Crippen molar-refractivity contribution >= 4 is 23.7 Å². The topological polar surface area (TPSA) is 59.9 Å². The minimum absolute atomic E-state index is 0.294. The quantitative estimate of drug-likeness (QED) is 0.417. The number of halogens is 1. The number of hydrazone groups is 1. The maximum absolute atomic E-state index is 12.2. The van der Waals surface area contributed by atoms with Gasteiger partial charge in [0.05, 0.1) is 12.8 Å². The minimum atomic E-state index is -0.294. The second-order valence-corrected chi connectivity index (χ2v) is 6.58. The number of carbonyl (C=O) groups excluding carboxylic acids is 1. The highest BCUT2D eigenvalue weighted by Crippen LogP contribution is 2.16. The smallest absolute Gasteiger partial charge is 0.271 e. The van der Waals surface area contributed by atoms with Crippen molar-refractivity contribution in [2.24, 2.45) is 5.10 Å². The highest BCUT2D eigenvalue weighted by atomic mass is 35.5. The molecular formula is C23H21ClN2O3. The number of hydrogen-bond donors (Lipinski definition) is 1. The molecule has 3 aromatic carbocycles. The van der Waals surface area contributed by atoms with E-state index < -0.39 is 0 Å². The zero-order valence-electron chi connectivity index (χ0n) is 16.0. The van der Waals surface area contributed by atoms with Gasteiger partial charge in [-0.3, -0.25) is 4.79 Å².